The van der Waals surface area contributed by atoms with Gasteiger partial charge in [-0.2, -0.15) is 0 Å². The van der Waals surface area contributed by atoms with Crippen molar-refractivity contribution in [2.75, 3.05) is 26.2 Å². The van der Waals surface area contributed by atoms with Gasteiger partial charge < -0.3 is 15.5 Å². The summed E-state index contributed by atoms with van der Waals surface area (Å²) in [7, 11) is 0. The van der Waals surface area contributed by atoms with E-state index in [0.29, 0.717) is 6.42 Å². The molecule has 2 N–H and O–H groups in total. The lowest BCUT2D eigenvalue weighted by atomic mass is 9.93. The highest BCUT2D eigenvalue weighted by Crippen LogP contribution is 2.20. The van der Waals surface area contributed by atoms with Gasteiger partial charge in [-0.1, -0.05) is 27.7 Å². The van der Waals surface area contributed by atoms with Crippen LogP contribution in [0.2, 0.25) is 0 Å². The van der Waals surface area contributed by atoms with Crippen molar-refractivity contribution in [1.82, 2.24) is 15.5 Å². The molecule has 1 saturated heterocycles. The Morgan fingerprint density at radius 2 is 1.80 bits per heavy atom. The molecule has 2 amide bonds. The second-order valence-electron chi connectivity index (χ2n) is 6.49. The third-order valence-electron chi connectivity index (χ3n) is 3.57. The van der Waals surface area contributed by atoms with Crippen molar-refractivity contribution in [3.8, 4) is 0 Å². The van der Waals surface area contributed by atoms with E-state index in [9.17, 15) is 9.59 Å². The smallest absolute Gasteiger partial charge is 0.227 e. The van der Waals surface area contributed by atoms with Gasteiger partial charge in [-0.3, -0.25) is 9.59 Å². The number of nitrogens with one attached hydrogen (secondary N) is 2. The van der Waals surface area contributed by atoms with Crippen molar-refractivity contribution in [3.05, 3.63) is 0 Å². The van der Waals surface area contributed by atoms with Gasteiger partial charge in [0.25, 0.3) is 0 Å². The second-order valence-corrected chi connectivity index (χ2v) is 6.49. The molecule has 5 nitrogen and oxygen atoms in total. The third-order valence-corrected chi connectivity index (χ3v) is 3.57. The molecule has 0 spiro atoms. The fourth-order valence-electron chi connectivity index (χ4n) is 2.38. The number of carbonyl (C=O) groups is 2. The largest absolute Gasteiger partial charge is 0.353 e. The van der Waals surface area contributed by atoms with E-state index in [1.807, 2.05) is 32.6 Å². The molecule has 1 fully saturated rings. The van der Waals surface area contributed by atoms with Crippen LogP contribution < -0.4 is 10.6 Å². The normalized spacial score (nSPS) is 17.1. The highest BCUT2D eigenvalue weighted by molar-refractivity contribution is 5.81. The van der Waals surface area contributed by atoms with Crippen LogP contribution in [0.15, 0.2) is 0 Å². The molecule has 1 heterocycles. The van der Waals surface area contributed by atoms with Crippen LogP contribution in [0.25, 0.3) is 0 Å². The van der Waals surface area contributed by atoms with Gasteiger partial charge in [0.2, 0.25) is 11.8 Å². The molecule has 0 aliphatic carbocycles. The summed E-state index contributed by atoms with van der Waals surface area (Å²) in [5, 5.41) is 6.20. The SMILES string of the molecule is CCNCCC(=O)NC1CCN(C(=O)C(C)(C)C)CC1. The van der Waals surface area contributed by atoms with Crippen molar-refractivity contribution >= 4 is 11.8 Å². The third kappa shape index (κ3) is 5.49. The Bertz CT molecular complexity index is 329. The van der Waals surface area contributed by atoms with Gasteiger partial charge in [-0.15, -0.1) is 0 Å². The summed E-state index contributed by atoms with van der Waals surface area (Å²) in [6.07, 6.45) is 2.23. The topological polar surface area (TPSA) is 61.4 Å². The molecule has 20 heavy (non-hydrogen) atoms. The van der Waals surface area contributed by atoms with Gasteiger partial charge in [0.15, 0.2) is 0 Å². The summed E-state index contributed by atoms with van der Waals surface area (Å²) in [5.41, 5.74) is -0.318. The van der Waals surface area contributed by atoms with Crippen LogP contribution in [0.1, 0.15) is 47.0 Å². The maximum Gasteiger partial charge on any atom is 0.227 e. The van der Waals surface area contributed by atoms with E-state index in [4.69, 9.17) is 0 Å². The van der Waals surface area contributed by atoms with Gasteiger partial charge in [-0.05, 0) is 19.4 Å². The molecule has 0 atom stereocenters. The van der Waals surface area contributed by atoms with E-state index in [0.717, 1.165) is 39.0 Å². The number of hydrogen-bond acceptors (Lipinski definition) is 3. The van der Waals surface area contributed by atoms with Crippen LogP contribution in [0, 0.1) is 5.41 Å². The van der Waals surface area contributed by atoms with Crippen molar-refractivity contribution in [1.29, 1.82) is 0 Å². The molecular weight excluding hydrogens is 254 g/mol. The van der Waals surface area contributed by atoms with Crippen molar-refractivity contribution in [3.63, 3.8) is 0 Å². The number of carbonyl (C=O) groups excluding carboxylic acids is 2. The van der Waals surface area contributed by atoms with E-state index in [-0.39, 0.29) is 23.3 Å². The Kier molecular flexibility index (Phi) is 6.46. The summed E-state index contributed by atoms with van der Waals surface area (Å²) in [6, 6.07) is 0.216. The highest BCUT2D eigenvalue weighted by Gasteiger charge is 2.30. The van der Waals surface area contributed by atoms with Crippen molar-refractivity contribution in [2.45, 2.75) is 53.0 Å². The van der Waals surface area contributed by atoms with Gasteiger partial charge in [0, 0.05) is 37.5 Å². The predicted molar refractivity (Wildman–Crippen MR) is 80.4 cm³/mol. The van der Waals surface area contributed by atoms with E-state index in [1.54, 1.807) is 0 Å². The first-order chi connectivity index (χ1) is 9.34. The summed E-state index contributed by atoms with van der Waals surface area (Å²) < 4.78 is 0. The molecule has 0 unspecified atom stereocenters. The molecule has 0 aromatic carbocycles. The average molecular weight is 283 g/mol. The molecule has 1 aliphatic rings. The Morgan fingerprint density at radius 3 is 2.30 bits per heavy atom. The van der Waals surface area contributed by atoms with E-state index in [1.165, 1.54) is 0 Å². The lowest BCUT2D eigenvalue weighted by Gasteiger charge is -2.36. The quantitative estimate of drug-likeness (QED) is 0.744. The first-order valence-corrected chi connectivity index (χ1v) is 7.64. The maximum atomic E-state index is 12.2. The van der Waals surface area contributed by atoms with Crippen LogP contribution >= 0.6 is 0 Å². The summed E-state index contributed by atoms with van der Waals surface area (Å²) in [4.78, 5) is 25.8. The molecule has 116 valence electrons. The zero-order chi connectivity index (χ0) is 15.2. The fourth-order valence-corrected chi connectivity index (χ4v) is 2.38. The van der Waals surface area contributed by atoms with E-state index in [2.05, 4.69) is 10.6 Å². The van der Waals surface area contributed by atoms with Crippen LogP contribution in [0.5, 0.6) is 0 Å². The molecule has 0 radical (unpaired) electrons. The average Bonchev–Trinajstić information content (AvgIpc) is 2.38. The zero-order valence-electron chi connectivity index (χ0n) is 13.3. The molecular formula is C15H29N3O2. The molecule has 1 rings (SSSR count). The molecule has 0 bridgehead atoms. The van der Waals surface area contributed by atoms with Crippen LogP contribution in [-0.4, -0.2) is 48.9 Å². The Hall–Kier alpha value is -1.10. The molecule has 5 heteroatoms. The molecule has 0 aromatic rings. The van der Waals surface area contributed by atoms with Crippen LogP contribution in [0.4, 0.5) is 0 Å². The fraction of sp³-hybridized carbons (Fsp3) is 0.867. The maximum absolute atomic E-state index is 12.2. The monoisotopic (exact) mass is 283 g/mol. The second kappa shape index (κ2) is 7.62. The first-order valence-electron chi connectivity index (χ1n) is 7.64. The minimum absolute atomic E-state index is 0.103. The van der Waals surface area contributed by atoms with Gasteiger partial charge in [0.05, 0.1) is 0 Å². The number of amides is 2. The number of hydrogen-bond donors (Lipinski definition) is 2. The van der Waals surface area contributed by atoms with Gasteiger partial charge in [-0.25, -0.2) is 0 Å². The van der Waals surface area contributed by atoms with Crippen molar-refractivity contribution in [2.24, 2.45) is 5.41 Å². The number of likely N-dealkylation sites (tertiary alicyclic amines) is 1. The first kappa shape index (κ1) is 17.0. The Labute approximate surface area is 122 Å². The van der Waals surface area contributed by atoms with E-state index < -0.39 is 0 Å². The van der Waals surface area contributed by atoms with Crippen LogP contribution in [-0.2, 0) is 9.59 Å². The lowest BCUT2D eigenvalue weighted by molar-refractivity contribution is -0.140. The molecule has 1 aliphatic heterocycles. The highest BCUT2D eigenvalue weighted by atomic mass is 16.2. The summed E-state index contributed by atoms with van der Waals surface area (Å²) in [6.45, 7) is 11.0. The summed E-state index contributed by atoms with van der Waals surface area (Å²) >= 11 is 0. The predicted octanol–water partition coefficient (Wildman–Crippen LogP) is 1.14. The Morgan fingerprint density at radius 1 is 1.20 bits per heavy atom. The molecule has 0 aromatic heterocycles. The summed E-state index contributed by atoms with van der Waals surface area (Å²) in [5.74, 6) is 0.306. The number of piperidine rings is 1. The Balaban J connectivity index is 2.28. The number of nitrogens with zero attached hydrogens (tertiary/aromatic N) is 1. The van der Waals surface area contributed by atoms with Gasteiger partial charge in [0.1, 0.15) is 0 Å². The standard InChI is InChI=1S/C15H29N3O2/c1-5-16-9-6-13(19)17-12-7-10-18(11-8-12)14(20)15(2,3)4/h12,16H,5-11H2,1-4H3,(H,17,19). The van der Waals surface area contributed by atoms with Gasteiger partial charge >= 0.3 is 0 Å². The minimum Gasteiger partial charge on any atom is -0.353 e. The molecule has 0 saturated carbocycles. The lowest BCUT2D eigenvalue weighted by Crippen LogP contribution is -2.49. The zero-order valence-corrected chi connectivity index (χ0v) is 13.3. The van der Waals surface area contributed by atoms with E-state index >= 15 is 0 Å². The minimum atomic E-state index is -0.318. The van der Waals surface area contributed by atoms with Crippen LogP contribution in [0.3, 0.4) is 0 Å². The number of rotatable bonds is 5. The van der Waals surface area contributed by atoms with Crippen molar-refractivity contribution < 1.29 is 9.59 Å².